The van der Waals surface area contributed by atoms with Gasteiger partial charge in [0.15, 0.2) is 11.9 Å². The first-order chi connectivity index (χ1) is 9.49. The van der Waals surface area contributed by atoms with E-state index in [9.17, 15) is 0 Å². The zero-order valence-corrected chi connectivity index (χ0v) is 13.1. The molecule has 1 heterocycles. The lowest BCUT2D eigenvalue weighted by Crippen LogP contribution is -2.26. The van der Waals surface area contributed by atoms with Crippen LogP contribution in [0.2, 0.25) is 5.02 Å². The largest absolute Gasteiger partial charge is 0.454 e. The van der Waals surface area contributed by atoms with Gasteiger partial charge in [-0.2, -0.15) is 0 Å². The summed E-state index contributed by atoms with van der Waals surface area (Å²) in [6.07, 6.45) is 3.25. The monoisotopic (exact) mass is 309 g/mol. The predicted octanol–water partition coefficient (Wildman–Crippen LogP) is 3.03. The second-order valence-corrected chi connectivity index (χ2v) is 5.39. The number of nitrogens with zero attached hydrogens (tertiary/aromatic N) is 3. The third-order valence-electron chi connectivity index (χ3n) is 2.85. The molecule has 4 nitrogen and oxygen atoms in total. The van der Waals surface area contributed by atoms with Crippen molar-refractivity contribution < 1.29 is 4.74 Å². The van der Waals surface area contributed by atoms with Gasteiger partial charge in [0.05, 0.1) is 0 Å². The van der Waals surface area contributed by atoms with Crippen LogP contribution in [0.1, 0.15) is 17.5 Å². The first kappa shape index (κ1) is 14.8. The summed E-state index contributed by atoms with van der Waals surface area (Å²) < 4.78 is 7.81. The molecular weight excluding hydrogens is 294 g/mol. The van der Waals surface area contributed by atoms with E-state index in [1.807, 2.05) is 56.2 Å². The van der Waals surface area contributed by atoms with Gasteiger partial charge in [0.25, 0.3) is 5.17 Å². The first-order valence-corrected chi connectivity index (χ1v) is 6.88. The fraction of sp³-hybridized carbons (Fsp3) is 0.286. The van der Waals surface area contributed by atoms with Gasteiger partial charge in [-0.25, -0.2) is 4.98 Å². The topological polar surface area (TPSA) is 30.3 Å². The summed E-state index contributed by atoms with van der Waals surface area (Å²) in [5.41, 5.74) is 0.952. The Balaban J connectivity index is 2.36. The average Bonchev–Trinajstić information content (AvgIpc) is 2.83. The second kappa shape index (κ2) is 6.24. The minimum atomic E-state index is -0.359. The Morgan fingerprint density at radius 1 is 1.35 bits per heavy atom. The molecule has 0 radical (unpaired) electrons. The smallest absolute Gasteiger partial charge is 0.259 e. The van der Waals surface area contributed by atoms with Gasteiger partial charge in [0.1, 0.15) is 0 Å². The summed E-state index contributed by atoms with van der Waals surface area (Å²) >= 11 is 11.2. The maximum absolute atomic E-state index is 5.93. The van der Waals surface area contributed by atoms with E-state index in [-0.39, 0.29) is 6.10 Å². The van der Waals surface area contributed by atoms with Crippen molar-refractivity contribution in [2.45, 2.75) is 6.10 Å². The summed E-state index contributed by atoms with van der Waals surface area (Å²) in [7, 11) is 5.62. The van der Waals surface area contributed by atoms with Gasteiger partial charge in [-0.05, 0) is 24.4 Å². The Hall–Kier alpha value is -1.59. The molecule has 1 unspecified atom stereocenters. The molecular formula is C14H16ClN3OS. The highest BCUT2D eigenvalue weighted by atomic mass is 35.5. The minimum Gasteiger partial charge on any atom is -0.454 e. The lowest BCUT2D eigenvalue weighted by Gasteiger charge is -2.22. The van der Waals surface area contributed by atoms with Crippen molar-refractivity contribution in [3.63, 3.8) is 0 Å². The molecule has 20 heavy (non-hydrogen) atoms. The van der Waals surface area contributed by atoms with E-state index in [1.54, 1.807) is 11.1 Å². The quantitative estimate of drug-likeness (QED) is 0.815. The molecule has 1 aromatic carbocycles. The zero-order chi connectivity index (χ0) is 14.7. The molecule has 0 fully saturated rings. The standard InChI is InChI=1S/C14H16ClN3OS/c1-17(2)14(20)19-12(13-16-8-9-18(13)3)10-4-6-11(15)7-5-10/h4-9,12H,1-3H3. The molecule has 0 bridgehead atoms. The van der Waals surface area contributed by atoms with E-state index in [0.717, 1.165) is 11.4 Å². The molecule has 0 saturated carbocycles. The Labute approximate surface area is 128 Å². The van der Waals surface area contributed by atoms with Crippen LogP contribution < -0.4 is 0 Å². The Morgan fingerprint density at radius 3 is 2.50 bits per heavy atom. The number of aryl methyl sites for hydroxylation is 1. The van der Waals surface area contributed by atoms with Gasteiger partial charge in [-0.15, -0.1) is 0 Å². The average molecular weight is 310 g/mol. The fourth-order valence-corrected chi connectivity index (χ4v) is 1.97. The van der Waals surface area contributed by atoms with E-state index in [0.29, 0.717) is 10.2 Å². The van der Waals surface area contributed by atoms with Crippen LogP contribution in [0.5, 0.6) is 0 Å². The summed E-state index contributed by atoms with van der Waals surface area (Å²) in [5, 5.41) is 1.09. The predicted molar refractivity (Wildman–Crippen MR) is 83.9 cm³/mol. The Bertz CT molecular complexity index is 595. The van der Waals surface area contributed by atoms with Crippen molar-refractivity contribution in [2.24, 2.45) is 7.05 Å². The number of benzene rings is 1. The fourth-order valence-electron chi connectivity index (χ4n) is 1.74. The molecule has 2 rings (SSSR count). The number of halogens is 1. The van der Waals surface area contributed by atoms with E-state index >= 15 is 0 Å². The van der Waals surface area contributed by atoms with Crippen LogP contribution in [0.4, 0.5) is 0 Å². The Morgan fingerprint density at radius 2 is 2.00 bits per heavy atom. The highest BCUT2D eigenvalue weighted by Crippen LogP contribution is 2.26. The number of aromatic nitrogens is 2. The molecule has 0 N–H and O–H groups in total. The number of rotatable bonds is 3. The summed E-state index contributed by atoms with van der Waals surface area (Å²) in [6, 6.07) is 7.49. The van der Waals surface area contributed by atoms with Crippen LogP contribution >= 0.6 is 23.8 Å². The van der Waals surface area contributed by atoms with Crippen molar-refractivity contribution >= 4 is 29.0 Å². The van der Waals surface area contributed by atoms with Gasteiger partial charge >= 0.3 is 0 Å². The molecule has 1 atom stereocenters. The van der Waals surface area contributed by atoms with E-state index in [2.05, 4.69) is 4.98 Å². The first-order valence-electron chi connectivity index (χ1n) is 6.09. The number of ether oxygens (including phenoxy) is 1. The number of hydrogen-bond acceptors (Lipinski definition) is 3. The van der Waals surface area contributed by atoms with Crippen molar-refractivity contribution in [1.29, 1.82) is 0 Å². The third kappa shape index (κ3) is 3.29. The zero-order valence-electron chi connectivity index (χ0n) is 11.6. The van der Waals surface area contributed by atoms with Crippen LogP contribution in [-0.4, -0.2) is 33.7 Å². The maximum atomic E-state index is 5.93. The van der Waals surface area contributed by atoms with Gasteiger partial charge < -0.3 is 14.2 Å². The van der Waals surface area contributed by atoms with E-state index in [1.165, 1.54) is 0 Å². The molecule has 0 saturated heterocycles. The molecule has 0 spiro atoms. The van der Waals surface area contributed by atoms with Gasteiger partial charge in [0, 0.05) is 44.1 Å². The van der Waals surface area contributed by atoms with Crippen LogP contribution in [0, 0.1) is 0 Å². The SMILES string of the molecule is CN(C)C(=S)OC(c1ccc(Cl)cc1)c1nccn1C. The molecule has 0 aliphatic carbocycles. The lowest BCUT2D eigenvalue weighted by atomic mass is 10.1. The van der Waals surface area contributed by atoms with Crippen molar-refractivity contribution in [3.05, 3.63) is 53.1 Å². The minimum absolute atomic E-state index is 0.359. The molecule has 2 aromatic rings. The maximum Gasteiger partial charge on any atom is 0.259 e. The van der Waals surface area contributed by atoms with Crippen LogP contribution in [-0.2, 0) is 11.8 Å². The van der Waals surface area contributed by atoms with Gasteiger partial charge in [-0.1, -0.05) is 23.7 Å². The van der Waals surface area contributed by atoms with Crippen molar-refractivity contribution in [3.8, 4) is 0 Å². The number of imidazole rings is 1. The number of hydrogen-bond donors (Lipinski definition) is 0. The third-order valence-corrected chi connectivity index (χ3v) is 3.56. The van der Waals surface area contributed by atoms with Crippen molar-refractivity contribution in [2.75, 3.05) is 14.1 Å². The summed E-state index contributed by atoms with van der Waals surface area (Å²) in [6.45, 7) is 0. The van der Waals surface area contributed by atoms with E-state index < -0.39 is 0 Å². The number of thiocarbonyl (C=S) groups is 1. The Kier molecular flexibility index (Phi) is 4.62. The lowest BCUT2D eigenvalue weighted by molar-refractivity contribution is 0.195. The molecule has 6 heteroatoms. The molecule has 1 aromatic heterocycles. The molecule has 0 amide bonds. The van der Waals surface area contributed by atoms with Gasteiger partial charge in [0.2, 0.25) is 0 Å². The molecule has 0 aliphatic heterocycles. The highest BCUT2D eigenvalue weighted by Gasteiger charge is 2.22. The van der Waals surface area contributed by atoms with Gasteiger partial charge in [-0.3, -0.25) is 0 Å². The van der Waals surface area contributed by atoms with E-state index in [4.69, 9.17) is 28.6 Å². The van der Waals surface area contributed by atoms with Crippen molar-refractivity contribution in [1.82, 2.24) is 14.5 Å². The molecule has 0 aliphatic rings. The second-order valence-electron chi connectivity index (χ2n) is 4.61. The normalized spacial score (nSPS) is 12.0. The molecule has 106 valence electrons. The van der Waals surface area contributed by atoms with Crippen LogP contribution in [0.25, 0.3) is 0 Å². The summed E-state index contributed by atoms with van der Waals surface area (Å²) in [4.78, 5) is 6.11. The summed E-state index contributed by atoms with van der Waals surface area (Å²) in [5.74, 6) is 0.788. The van der Waals surface area contributed by atoms with Crippen LogP contribution in [0.3, 0.4) is 0 Å². The highest BCUT2D eigenvalue weighted by molar-refractivity contribution is 7.80. The van der Waals surface area contributed by atoms with Crippen LogP contribution in [0.15, 0.2) is 36.7 Å².